The van der Waals surface area contributed by atoms with Gasteiger partial charge in [0, 0.05) is 10.6 Å². The maximum Gasteiger partial charge on any atom is 0.416 e. The number of hydrogen-bond donors (Lipinski definition) is 1. The van der Waals surface area contributed by atoms with Gasteiger partial charge < -0.3 is 5.11 Å². The molecule has 1 nitrogen and oxygen atoms in total. The van der Waals surface area contributed by atoms with Gasteiger partial charge in [-0.05, 0) is 12.1 Å². The summed E-state index contributed by atoms with van der Waals surface area (Å²) in [5.41, 5.74) is -3.30. The van der Waals surface area contributed by atoms with Crippen molar-refractivity contribution in [3.63, 3.8) is 0 Å². The molecule has 1 aromatic carbocycles. The van der Waals surface area contributed by atoms with Crippen LogP contribution in [0.4, 0.5) is 13.2 Å². The second-order valence-electron chi connectivity index (χ2n) is 2.53. The van der Waals surface area contributed by atoms with Gasteiger partial charge in [-0.2, -0.15) is 13.2 Å². The third-order valence-corrected chi connectivity index (χ3v) is 2.14. The highest BCUT2D eigenvalue weighted by Gasteiger charge is 2.35. The maximum atomic E-state index is 12.4. The Kier molecular flexibility index (Phi) is 3.29. The number of benzene rings is 1. The van der Waals surface area contributed by atoms with Crippen molar-refractivity contribution in [3.8, 4) is 0 Å². The molecule has 1 rings (SSSR count). The molecule has 0 aliphatic rings. The fourth-order valence-corrected chi connectivity index (χ4v) is 1.60. The number of aliphatic hydroxyl groups is 1. The molecule has 14 heavy (non-hydrogen) atoms. The fourth-order valence-electron chi connectivity index (χ4n) is 1.03. The van der Waals surface area contributed by atoms with Crippen molar-refractivity contribution in [2.75, 3.05) is 0 Å². The summed E-state index contributed by atoms with van der Waals surface area (Å²) < 4.78 is 37.1. The van der Waals surface area contributed by atoms with Crippen molar-refractivity contribution in [1.82, 2.24) is 0 Å². The van der Waals surface area contributed by atoms with E-state index in [0.717, 1.165) is 12.1 Å². The summed E-state index contributed by atoms with van der Waals surface area (Å²) in [4.78, 5) is 0. The number of hydrogen-bond acceptors (Lipinski definition) is 1. The van der Waals surface area contributed by atoms with E-state index >= 15 is 0 Å². The van der Waals surface area contributed by atoms with E-state index in [1.165, 1.54) is 6.07 Å². The van der Waals surface area contributed by atoms with Gasteiger partial charge in [0.05, 0.1) is 5.56 Å². The first-order chi connectivity index (χ1) is 6.34. The molecular weight excluding hydrogens is 240 g/mol. The van der Waals surface area contributed by atoms with Gasteiger partial charge in [-0.15, -0.1) is 0 Å². The van der Waals surface area contributed by atoms with E-state index in [1.807, 2.05) is 0 Å². The van der Waals surface area contributed by atoms with Crippen LogP contribution in [0.25, 0.3) is 0 Å². The van der Waals surface area contributed by atoms with Crippen LogP contribution in [0.3, 0.4) is 0 Å². The lowest BCUT2D eigenvalue weighted by Crippen LogP contribution is -2.10. The quantitative estimate of drug-likeness (QED) is 0.749. The normalized spacial score (nSPS) is 14.1. The molecule has 0 aromatic heterocycles. The van der Waals surface area contributed by atoms with Crippen molar-refractivity contribution in [1.29, 1.82) is 0 Å². The van der Waals surface area contributed by atoms with E-state index in [4.69, 9.17) is 28.3 Å². The summed E-state index contributed by atoms with van der Waals surface area (Å²) in [7, 11) is 0. The minimum absolute atomic E-state index is 0.206. The molecule has 1 unspecified atom stereocenters. The molecule has 0 heterocycles. The lowest BCUT2D eigenvalue weighted by Gasteiger charge is -2.14. The van der Waals surface area contributed by atoms with Gasteiger partial charge in [0.15, 0.2) is 5.56 Å². The number of alkyl halides is 4. The largest absolute Gasteiger partial charge is 0.416 e. The summed E-state index contributed by atoms with van der Waals surface area (Å²) in [6, 6.07) is 3.19. The minimum atomic E-state index is -4.57. The van der Waals surface area contributed by atoms with E-state index in [2.05, 4.69) is 0 Å². The highest BCUT2D eigenvalue weighted by molar-refractivity contribution is 6.32. The number of rotatable bonds is 1. The molecule has 0 fully saturated rings. The third-order valence-electron chi connectivity index (χ3n) is 1.60. The van der Waals surface area contributed by atoms with Gasteiger partial charge >= 0.3 is 6.18 Å². The van der Waals surface area contributed by atoms with Gasteiger partial charge in [-0.3, -0.25) is 0 Å². The van der Waals surface area contributed by atoms with Crippen molar-refractivity contribution >= 4 is 23.2 Å². The first-order valence-corrected chi connectivity index (χ1v) is 4.33. The molecule has 78 valence electrons. The molecule has 0 saturated heterocycles. The standard InChI is InChI=1S/C8H5Cl2F3O/c9-5-3-1-2-4(8(11,12)13)6(5)7(10)14/h1-3,7,14H. The fraction of sp³-hybridized carbons (Fsp3) is 0.250. The van der Waals surface area contributed by atoms with Gasteiger partial charge in [0.25, 0.3) is 0 Å². The van der Waals surface area contributed by atoms with Crippen LogP contribution in [0.2, 0.25) is 5.02 Å². The SMILES string of the molecule is OC(Cl)c1c(Cl)cccc1C(F)(F)F. The molecule has 1 aromatic rings. The molecule has 0 aliphatic carbocycles. The molecule has 0 bridgehead atoms. The monoisotopic (exact) mass is 244 g/mol. The van der Waals surface area contributed by atoms with E-state index in [0.29, 0.717) is 0 Å². The summed E-state index contributed by atoms with van der Waals surface area (Å²) in [5, 5.41) is 8.72. The Hall–Kier alpha value is -0.450. The zero-order valence-corrected chi connectivity index (χ0v) is 8.16. The Morgan fingerprint density at radius 2 is 1.86 bits per heavy atom. The molecule has 0 spiro atoms. The Morgan fingerprint density at radius 1 is 1.29 bits per heavy atom. The molecule has 0 amide bonds. The second-order valence-corrected chi connectivity index (χ2v) is 3.36. The zero-order valence-electron chi connectivity index (χ0n) is 6.65. The summed E-state index contributed by atoms with van der Waals surface area (Å²) in [6.07, 6.45) is -4.57. The molecule has 1 atom stereocenters. The van der Waals surface area contributed by atoms with E-state index in [1.54, 1.807) is 0 Å². The minimum Gasteiger partial charge on any atom is -0.373 e. The average molecular weight is 245 g/mol. The molecular formula is C8H5Cl2F3O. The molecule has 0 radical (unpaired) electrons. The molecule has 6 heteroatoms. The van der Waals surface area contributed by atoms with Gasteiger partial charge in [0.1, 0.15) is 0 Å². The summed E-state index contributed by atoms with van der Waals surface area (Å²) >= 11 is 10.7. The van der Waals surface area contributed by atoms with Crippen LogP contribution in [0.15, 0.2) is 18.2 Å². The molecule has 0 saturated carbocycles. The lowest BCUT2D eigenvalue weighted by molar-refractivity contribution is -0.138. The van der Waals surface area contributed by atoms with E-state index in [9.17, 15) is 13.2 Å². The topological polar surface area (TPSA) is 20.2 Å². The van der Waals surface area contributed by atoms with Crippen LogP contribution in [0.5, 0.6) is 0 Å². The van der Waals surface area contributed by atoms with Crippen LogP contribution in [0, 0.1) is 0 Å². The predicted octanol–water partition coefficient (Wildman–Crippen LogP) is 3.59. The Morgan fingerprint density at radius 3 is 2.21 bits per heavy atom. The summed E-state index contributed by atoms with van der Waals surface area (Å²) in [5.74, 6) is 0. The van der Waals surface area contributed by atoms with Crippen molar-refractivity contribution < 1.29 is 18.3 Å². The average Bonchev–Trinajstić information content (AvgIpc) is 2.01. The first kappa shape index (κ1) is 11.6. The Balaban J connectivity index is 3.36. The van der Waals surface area contributed by atoms with Crippen LogP contribution in [-0.2, 0) is 6.18 Å². The van der Waals surface area contributed by atoms with Crippen molar-refractivity contribution in [3.05, 3.63) is 34.3 Å². The predicted molar refractivity (Wildman–Crippen MR) is 47.3 cm³/mol. The Labute approximate surface area is 88.1 Å². The third kappa shape index (κ3) is 2.32. The number of aliphatic hydroxyl groups excluding tert-OH is 1. The highest BCUT2D eigenvalue weighted by Crippen LogP contribution is 2.38. The van der Waals surface area contributed by atoms with Crippen molar-refractivity contribution in [2.24, 2.45) is 0 Å². The first-order valence-electron chi connectivity index (χ1n) is 3.52. The zero-order chi connectivity index (χ0) is 10.9. The second kappa shape index (κ2) is 3.96. The van der Waals surface area contributed by atoms with Gasteiger partial charge in [-0.1, -0.05) is 29.3 Å². The Bertz CT molecular complexity index is 336. The summed E-state index contributed by atoms with van der Waals surface area (Å²) in [6.45, 7) is 0. The smallest absolute Gasteiger partial charge is 0.373 e. The highest BCUT2D eigenvalue weighted by atomic mass is 35.5. The maximum absolute atomic E-state index is 12.4. The number of halogens is 5. The van der Waals surface area contributed by atoms with Crippen LogP contribution in [0.1, 0.15) is 16.7 Å². The van der Waals surface area contributed by atoms with Crippen molar-refractivity contribution in [2.45, 2.75) is 11.7 Å². The molecule has 0 aliphatic heterocycles. The van der Waals surface area contributed by atoms with Crippen LogP contribution >= 0.6 is 23.2 Å². The van der Waals surface area contributed by atoms with Crippen LogP contribution in [-0.4, -0.2) is 5.11 Å². The van der Waals surface area contributed by atoms with Crippen LogP contribution < -0.4 is 0 Å². The van der Waals surface area contributed by atoms with E-state index < -0.39 is 22.9 Å². The van der Waals surface area contributed by atoms with Gasteiger partial charge in [0.2, 0.25) is 0 Å². The molecule has 1 N–H and O–H groups in total. The lowest BCUT2D eigenvalue weighted by atomic mass is 10.1. The van der Waals surface area contributed by atoms with Gasteiger partial charge in [-0.25, -0.2) is 0 Å². The van der Waals surface area contributed by atoms with E-state index in [-0.39, 0.29) is 5.02 Å².